The smallest absolute Gasteiger partial charge is 0.229 e. The molecule has 3 heteroatoms. The Bertz CT molecular complexity index is 805. The Morgan fingerprint density at radius 2 is 0.788 bits per heavy atom. The molecule has 0 N–H and O–H groups in total. The largest absolute Gasteiger partial charge is 0.456 e. The first-order valence-electron chi connectivity index (χ1n) is 12.5. The fraction of sp³-hybridized carbons (Fsp3) is 0.600. The predicted octanol–water partition coefficient (Wildman–Crippen LogP) is 7.71. The molecule has 33 heavy (non-hydrogen) atoms. The molecule has 0 bridgehead atoms. The van der Waals surface area contributed by atoms with Crippen LogP contribution in [0.5, 0.6) is 11.5 Å². The van der Waals surface area contributed by atoms with Gasteiger partial charge in [0.2, 0.25) is 22.6 Å². The summed E-state index contributed by atoms with van der Waals surface area (Å²) in [6.07, 6.45) is -0.314. The molecule has 0 aliphatic rings. The average molecular weight is 467 g/mol. The summed E-state index contributed by atoms with van der Waals surface area (Å²) in [5.41, 5.74) is 4.85. The van der Waals surface area contributed by atoms with Crippen LogP contribution in [-0.2, 0) is 21.7 Å². The molecule has 0 spiro atoms. The SMILES string of the molecule is CC(C)(C)c1cccc(C(C)(C)C)c1OC([CH2][AlH2])Oc1c(C(C)(C)C)cccc1C(C)(C)C. The molecular formula is C30H47AlO2. The summed E-state index contributed by atoms with van der Waals surface area (Å²) in [6, 6.07) is 13.2. The maximum atomic E-state index is 6.83. The lowest BCUT2D eigenvalue weighted by molar-refractivity contribution is 0.0173. The van der Waals surface area contributed by atoms with Gasteiger partial charge in [-0.2, -0.15) is 0 Å². The van der Waals surface area contributed by atoms with Gasteiger partial charge in [0, 0.05) is 0 Å². The first kappa shape index (κ1) is 27.8. The summed E-state index contributed by atoms with van der Waals surface area (Å²) in [7, 11) is 0. The van der Waals surface area contributed by atoms with Gasteiger partial charge in [0.1, 0.15) is 11.5 Å². The predicted molar refractivity (Wildman–Crippen MR) is 146 cm³/mol. The summed E-state index contributed by atoms with van der Waals surface area (Å²) >= 11 is 0.992. The van der Waals surface area contributed by atoms with Crippen LogP contribution in [0.25, 0.3) is 0 Å². The summed E-state index contributed by atoms with van der Waals surface area (Å²) in [6.45, 7) is 27.1. The topological polar surface area (TPSA) is 18.5 Å². The number of ether oxygens (including phenoxy) is 2. The lowest BCUT2D eigenvalue weighted by atomic mass is 9.79. The Morgan fingerprint density at radius 1 is 0.545 bits per heavy atom. The molecule has 2 nitrogen and oxygen atoms in total. The van der Waals surface area contributed by atoms with Crippen LogP contribution >= 0.6 is 0 Å². The minimum absolute atomic E-state index is 0.0216. The van der Waals surface area contributed by atoms with Crippen molar-refractivity contribution in [1.29, 1.82) is 0 Å². The first-order valence-corrected chi connectivity index (χ1v) is 13.9. The Hall–Kier alpha value is -1.43. The number of rotatable bonds is 5. The second-order valence-corrected chi connectivity index (χ2v) is 14.3. The van der Waals surface area contributed by atoms with Gasteiger partial charge in [0.05, 0.1) is 0 Å². The molecule has 0 unspecified atom stereocenters. The van der Waals surface area contributed by atoms with Crippen LogP contribution in [0, 0.1) is 0 Å². The maximum Gasteiger partial charge on any atom is 0.229 e. The van der Waals surface area contributed by atoms with Crippen molar-refractivity contribution < 1.29 is 9.47 Å². The van der Waals surface area contributed by atoms with E-state index in [0.29, 0.717) is 0 Å². The van der Waals surface area contributed by atoms with E-state index in [1.54, 1.807) is 0 Å². The van der Waals surface area contributed by atoms with Crippen molar-refractivity contribution in [1.82, 2.24) is 0 Å². The van der Waals surface area contributed by atoms with Gasteiger partial charge in [-0.25, -0.2) is 0 Å². The van der Waals surface area contributed by atoms with E-state index >= 15 is 0 Å². The molecule has 0 amide bonds. The number of para-hydroxylation sites is 2. The molecule has 0 atom stereocenters. The highest BCUT2D eigenvalue weighted by Crippen LogP contribution is 2.43. The van der Waals surface area contributed by atoms with Gasteiger partial charge >= 0.3 is 0 Å². The molecule has 2 aromatic rings. The third-order valence-corrected chi connectivity index (χ3v) is 6.76. The molecule has 2 rings (SSSR count). The van der Waals surface area contributed by atoms with E-state index < -0.39 is 0 Å². The quantitative estimate of drug-likeness (QED) is 0.332. The Labute approximate surface area is 211 Å². The fourth-order valence-electron chi connectivity index (χ4n) is 4.14. The van der Waals surface area contributed by atoms with Gasteiger partial charge in [0.15, 0.2) is 0 Å². The zero-order valence-electron chi connectivity index (χ0n) is 23.6. The van der Waals surface area contributed by atoms with Crippen molar-refractivity contribution in [3.05, 3.63) is 58.7 Å². The van der Waals surface area contributed by atoms with E-state index in [0.717, 1.165) is 33.1 Å². The minimum atomic E-state index is -0.314. The number of benzene rings is 2. The molecule has 182 valence electrons. The first-order chi connectivity index (χ1) is 14.9. The Kier molecular flexibility index (Phi) is 8.15. The molecule has 0 aliphatic carbocycles. The number of hydrogen-bond donors (Lipinski definition) is 0. The molecule has 0 saturated carbocycles. The highest BCUT2D eigenvalue weighted by atomic mass is 27.0. The van der Waals surface area contributed by atoms with Crippen LogP contribution in [0.1, 0.15) is 105 Å². The van der Waals surface area contributed by atoms with E-state index in [2.05, 4.69) is 119 Å². The van der Waals surface area contributed by atoms with Crippen LogP contribution in [0.15, 0.2) is 36.4 Å². The minimum Gasteiger partial charge on any atom is -0.456 e. The second-order valence-electron chi connectivity index (χ2n) is 13.4. The summed E-state index contributed by atoms with van der Waals surface area (Å²) in [4.78, 5) is 0. The third-order valence-electron chi connectivity index (χ3n) is 6.09. The van der Waals surface area contributed by atoms with Crippen LogP contribution < -0.4 is 9.47 Å². The van der Waals surface area contributed by atoms with Crippen molar-refractivity contribution in [3.63, 3.8) is 0 Å². The zero-order valence-corrected chi connectivity index (χ0v) is 25.6. The molecule has 0 aromatic heterocycles. The Balaban J connectivity index is 2.63. The molecule has 0 saturated heterocycles. The molecule has 2 aromatic carbocycles. The molecule has 0 heterocycles. The summed E-state index contributed by atoms with van der Waals surface area (Å²) in [5.74, 6) is 1.98. The van der Waals surface area contributed by atoms with Crippen LogP contribution in [0.4, 0.5) is 0 Å². The summed E-state index contributed by atoms with van der Waals surface area (Å²) < 4.78 is 13.7. The van der Waals surface area contributed by atoms with Crippen LogP contribution in [0.3, 0.4) is 0 Å². The van der Waals surface area contributed by atoms with E-state index in [1.165, 1.54) is 22.3 Å². The molecule has 0 aliphatic heterocycles. The monoisotopic (exact) mass is 466 g/mol. The van der Waals surface area contributed by atoms with Crippen molar-refractivity contribution in [3.8, 4) is 11.5 Å². The molecular weight excluding hydrogens is 419 g/mol. The van der Waals surface area contributed by atoms with E-state index in [4.69, 9.17) is 9.47 Å². The lowest BCUT2D eigenvalue weighted by Crippen LogP contribution is -2.30. The lowest BCUT2D eigenvalue weighted by Gasteiger charge is -2.34. The van der Waals surface area contributed by atoms with E-state index in [-0.39, 0.29) is 27.9 Å². The maximum absolute atomic E-state index is 6.83. The van der Waals surface area contributed by atoms with Crippen LogP contribution in [-0.4, -0.2) is 22.6 Å². The van der Waals surface area contributed by atoms with E-state index in [1.807, 2.05) is 0 Å². The van der Waals surface area contributed by atoms with E-state index in [9.17, 15) is 0 Å². The van der Waals surface area contributed by atoms with Gasteiger partial charge in [-0.15, -0.1) is 0 Å². The molecule has 0 radical (unpaired) electrons. The Morgan fingerprint density at radius 3 is 0.970 bits per heavy atom. The standard InChI is InChI=1S/C30H45O2.Al.2H/c1-20(31-25-21(27(2,3)4)16-14-17-22(25)28(5,6)7)32-26-23(29(8,9)10)18-15-19-24(26)30(11,12)13;;;/h14-20H,1H2,2-13H3;;;. The summed E-state index contributed by atoms with van der Waals surface area (Å²) in [5, 5.41) is 0.893. The van der Waals surface area contributed by atoms with Gasteiger partial charge < -0.3 is 9.47 Å². The normalized spacial score (nSPS) is 13.4. The highest BCUT2D eigenvalue weighted by Gasteiger charge is 2.31. The fourth-order valence-corrected chi connectivity index (χ4v) is 4.48. The number of hydrogen-bond acceptors (Lipinski definition) is 2. The molecule has 0 fully saturated rings. The van der Waals surface area contributed by atoms with Gasteiger partial charge in [0.25, 0.3) is 0 Å². The van der Waals surface area contributed by atoms with Gasteiger partial charge in [-0.05, 0) is 49.2 Å². The average Bonchev–Trinajstić information content (AvgIpc) is 2.64. The van der Waals surface area contributed by atoms with Crippen molar-refractivity contribution in [2.75, 3.05) is 0 Å². The second kappa shape index (κ2) is 9.67. The third kappa shape index (κ3) is 6.80. The highest BCUT2D eigenvalue weighted by molar-refractivity contribution is 6.08. The van der Waals surface area contributed by atoms with Gasteiger partial charge in [-0.3, -0.25) is 0 Å². The van der Waals surface area contributed by atoms with Crippen molar-refractivity contribution >= 4 is 16.3 Å². The van der Waals surface area contributed by atoms with Crippen molar-refractivity contribution in [2.24, 2.45) is 0 Å². The van der Waals surface area contributed by atoms with Crippen LogP contribution in [0.2, 0.25) is 5.28 Å². The van der Waals surface area contributed by atoms with Crippen molar-refractivity contribution in [2.45, 2.75) is 116 Å². The van der Waals surface area contributed by atoms with Gasteiger partial charge in [-0.1, -0.05) is 119 Å². The zero-order chi connectivity index (χ0) is 25.4.